The van der Waals surface area contributed by atoms with Crippen molar-refractivity contribution in [1.82, 2.24) is 4.72 Å². The van der Waals surface area contributed by atoms with E-state index in [-0.39, 0.29) is 13.0 Å². The van der Waals surface area contributed by atoms with Gasteiger partial charge in [0.05, 0.1) is 0 Å². The van der Waals surface area contributed by atoms with Crippen LogP contribution in [0.5, 0.6) is 0 Å². The highest BCUT2D eigenvalue weighted by atomic mass is 32.2. The molecule has 0 bridgehead atoms. The molecule has 0 aliphatic carbocycles. The Balaban J connectivity index is 3.16. The first kappa shape index (κ1) is 19.0. The molecule has 1 atom stereocenters. The fourth-order valence-electron chi connectivity index (χ4n) is 1.91. The van der Waals surface area contributed by atoms with Gasteiger partial charge in [0.25, 0.3) is 5.54 Å². The summed E-state index contributed by atoms with van der Waals surface area (Å²) in [6.07, 6.45) is -0.199. The number of ether oxygens (including phenoxy) is 1. The molecule has 0 unspecified atom stereocenters. The van der Waals surface area contributed by atoms with Gasteiger partial charge in [0, 0.05) is 0 Å². The molecule has 0 aromatic heterocycles. The number of carbonyl (C=O) groups is 2. The molecule has 0 fully saturated rings. The second-order valence-corrected chi connectivity index (χ2v) is 5.62. The highest BCUT2D eigenvalue weighted by molar-refractivity contribution is 7.70. The predicted molar refractivity (Wildman–Crippen MR) is 81.5 cm³/mol. The molecule has 0 heterocycles. The number of hydrogen-bond acceptors (Lipinski definition) is 7. The lowest BCUT2D eigenvalue weighted by atomic mass is 9.83. The van der Waals surface area contributed by atoms with Crippen molar-refractivity contribution in [3.8, 4) is 0 Å². The van der Waals surface area contributed by atoms with E-state index in [4.69, 9.17) is 16.2 Å². The Hall–Kier alpha value is -2.01. The van der Waals surface area contributed by atoms with E-state index in [0.717, 1.165) is 0 Å². The van der Waals surface area contributed by atoms with Gasteiger partial charge in [-0.25, -0.2) is 18.0 Å². The first-order chi connectivity index (χ1) is 10.7. The molecule has 23 heavy (non-hydrogen) atoms. The van der Waals surface area contributed by atoms with Crippen LogP contribution in [0.25, 0.3) is 0 Å². The van der Waals surface area contributed by atoms with Crippen LogP contribution in [0.1, 0.15) is 18.9 Å². The van der Waals surface area contributed by atoms with Gasteiger partial charge in [-0.15, -0.1) is 0 Å². The second-order valence-electron chi connectivity index (χ2n) is 4.88. The van der Waals surface area contributed by atoms with Crippen LogP contribution >= 0.6 is 0 Å². The number of nitrogens with two attached hydrogens (primary N) is 2. The maximum absolute atomic E-state index is 12.3. The van der Waals surface area contributed by atoms with E-state index in [1.165, 1.54) is 6.92 Å². The Morgan fingerprint density at radius 2 is 1.83 bits per heavy atom. The monoisotopic (exact) mass is 345 g/mol. The topological polar surface area (TPSA) is 162 Å². The fraction of sp³-hybridized carbons (Fsp3) is 0.385. The second kappa shape index (κ2) is 7.51. The van der Waals surface area contributed by atoms with E-state index in [9.17, 15) is 23.1 Å². The molecule has 0 radical (unpaired) electrons. The molecule has 1 rings (SSSR count). The molecule has 9 nitrogen and oxygen atoms in total. The molecule has 0 spiro atoms. The minimum Gasteiger partial charge on any atom is -0.479 e. The molecule has 128 valence electrons. The van der Waals surface area contributed by atoms with Crippen LogP contribution in [0.2, 0.25) is 0 Å². The van der Waals surface area contributed by atoms with Crippen LogP contribution in [-0.2, 0) is 31.8 Å². The zero-order valence-electron chi connectivity index (χ0n) is 12.4. The maximum atomic E-state index is 12.3. The number of carboxylic acids is 1. The SMILES string of the molecule is CCC(N)(N)[C@](N[SH](=O)=O)(C(=O)O)C(=O)OCc1ccccc1. The summed E-state index contributed by atoms with van der Waals surface area (Å²) in [5, 5.41) is 9.42. The maximum Gasteiger partial charge on any atom is 0.342 e. The Morgan fingerprint density at radius 3 is 2.26 bits per heavy atom. The molecular formula is C13H19N3O6S. The molecule has 1 aromatic carbocycles. The number of rotatable bonds is 8. The standard InChI is InChI=1S/C13H19N3O6S/c1-2-12(14,15)13(10(17)18,16-23(20)21)11(19)22-8-9-6-4-3-5-7-9/h3-7,23H,2,8,14-15H2,1H3,(H,17,18)(H,16,20,21)/t13-/m0/s1. The van der Waals surface area contributed by atoms with Crippen molar-refractivity contribution in [2.75, 3.05) is 0 Å². The highest BCUT2D eigenvalue weighted by Gasteiger charge is 2.60. The van der Waals surface area contributed by atoms with E-state index in [1.54, 1.807) is 35.1 Å². The van der Waals surface area contributed by atoms with Gasteiger partial charge < -0.3 is 21.3 Å². The highest BCUT2D eigenvalue weighted by Crippen LogP contribution is 2.22. The van der Waals surface area contributed by atoms with Crippen LogP contribution in [0.15, 0.2) is 30.3 Å². The van der Waals surface area contributed by atoms with Gasteiger partial charge in [-0.2, -0.15) is 4.72 Å². The zero-order valence-corrected chi connectivity index (χ0v) is 13.3. The van der Waals surface area contributed by atoms with Gasteiger partial charge in [-0.05, 0) is 12.0 Å². The molecule has 0 saturated carbocycles. The lowest BCUT2D eigenvalue weighted by Crippen LogP contribution is -2.79. The number of nitrogens with one attached hydrogen (secondary N) is 1. The summed E-state index contributed by atoms with van der Waals surface area (Å²) >= 11 is 0. The number of esters is 1. The van der Waals surface area contributed by atoms with Crippen molar-refractivity contribution in [2.24, 2.45) is 11.5 Å². The quantitative estimate of drug-likeness (QED) is 0.168. The average Bonchev–Trinajstić information content (AvgIpc) is 2.50. The van der Waals surface area contributed by atoms with Crippen molar-refractivity contribution in [1.29, 1.82) is 0 Å². The van der Waals surface area contributed by atoms with Gasteiger partial charge in [0.2, 0.25) is 10.9 Å². The van der Waals surface area contributed by atoms with Crippen molar-refractivity contribution in [3.63, 3.8) is 0 Å². The number of aliphatic carboxylic acids is 1. The number of benzene rings is 1. The van der Waals surface area contributed by atoms with Crippen molar-refractivity contribution in [2.45, 2.75) is 31.2 Å². The Morgan fingerprint density at radius 1 is 1.26 bits per heavy atom. The molecular weight excluding hydrogens is 326 g/mol. The van der Waals surface area contributed by atoms with Crippen LogP contribution < -0.4 is 16.2 Å². The van der Waals surface area contributed by atoms with Crippen molar-refractivity contribution >= 4 is 22.8 Å². The molecule has 1 aromatic rings. The minimum absolute atomic E-state index is 0.199. The first-order valence-electron chi connectivity index (χ1n) is 6.62. The number of carbonyl (C=O) groups excluding carboxylic acids is 1. The predicted octanol–water partition coefficient (Wildman–Crippen LogP) is -1.31. The third-order valence-corrected chi connectivity index (χ3v) is 3.90. The zero-order chi connectivity index (χ0) is 17.7. The van der Waals surface area contributed by atoms with E-state index < -0.39 is 34.0 Å². The molecule has 10 heteroatoms. The molecule has 0 amide bonds. The van der Waals surface area contributed by atoms with Crippen LogP contribution in [0.3, 0.4) is 0 Å². The van der Waals surface area contributed by atoms with E-state index in [1.807, 2.05) is 0 Å². The lowest BCUT2D eigenvalue weighted by molar-refractivity contribution is -0.167. The van der Waals surface area contributed by atoms with E-state index >= 15 is 0 Å². The first-order valence-corrected chi connectivity index (χ1v) is 7.79. The molecule has 0 saturated heterocycles. The van der Waals surface area contributed by atoms with Gasteiger partial charge in [-0.3, -0.25) is 0 Å². The van der Waals surface area contributed by atoms with Crippen LogP contribution in [0.4, 0.5) is 0 Å². The number of carboxylic acid groups (broad SMARTS) is 1. The normalized spacial score (nSPS) is 14.3. The van der Waals surface area contributed by atoms with E-state index in [0.29, 0.717) is 5.56 Å². The third kappa shape index (κ3) is 4.05. The average molecular weight is 345 g/mol. The Labute approximate surface area is 134 Å². The van der Waals surface area contributed by atoms with Gasteiger partial charge >= 0.3 is 11.9 Å². The summed E-state index contributed by atoms with van der Waals surface area (Å²) in [7, 11) is -3.48. The summed E-state index contributed by atoms with van der Waals surface area (Å²) in [5.74, 6) is -3.23. The van der Waals surface area contributed by atoms with Gasteiger partial charge in [-0.1, -0.05) is 37.3 Å². The third-order valence-electron chi connectivity index (χ3n) is 3.38. The Bertz CT molecular complexity index is 638. The largest absolute Gasteiger partial charge is 0.479 e. The smallest absolute Gasteiger partial charge is 0.342 e. The van der Waals surface area contributed by atoms with Crippen molar-refractivity contribution < 1.29 is 27.9 Å². The number of hydrogen-bond donors (Lipinski definition) is 5. The summed E-state index contributed by atoms with van der Waals surface area (Å²) in [6, 6.07) is 8.44. The molecule has 6 N–H and O–H groups in total. The molecule has 0 aliphatic heterocycles. The summed E-state index contributed by atoms with van der Waals surface area (Å²) in [6.45, 7) is 1.16. The number of thiol groups is 1. The van der Waals surface area contributed by atoms with Gasteiger partial charge in [0.15, 0.2) is 0 Å². The summed E-state index contributed by atoms with van der Waals surface area (Å²) in [4.78, 5) is 24.0. The molecule has 0 aliphatic rings. The van der Waals surface area contributed by atoms with Crippen LogP contribution in [0, 0.1) is 0 Å². The summed E-state index contributed by atoms with van der Waals surface area (Å²) < 4.78 is 28.6. The summed E-state index contributed by atoms with van der Waals surface area (Å²) in [5.41, 5.74) is 6.93. The van der Waals surface area contributed by atoms with Gasteiger partial charge in [0.1, 0.15) is 12.3 Å². The minimum atomic E-state index is -3.48. The van der Waals surface area contributed by atoms with Crippen molar-refractivity contribution in [3.05, 3.63) is 35.9 Å². The lowest BCUT2D eigenvalue weighted by Gasteiger charge is -2.38. The Kier molecular flexibility index (Phi) is 6.21. The fourth-order valence-corrected chi connectivity index (χ4v) is 2.58. The van der Waals surface area contributed by atoms with Crippen LogP contribution in [-0.4, -0.2) is 36.7 Å². The van der Waals surface area contributed by atoms with E-state index in [2.05, 4.69) is 0 Å².